The van der Waals surface area contributed by atoms with E-state index in [1.165, 1.54) is 0 Å². The summed E-state index contributed by atoms with van der Waals surface area (Å²) >= 11 is 1.59. The smallest absolute Gasteiger partial charge is 0.123 e. The summed E-state index contributed by atoms with van der Waals surface area (Å²) in [5.74, 6) is 1.50. The van der Waals surface area contributed by atoms with E-state index < -0.39 is 0 Å². The maximum absolute atomic E-state index is 5.84. The Morgan fingerprint density at radius 2 is 1.78 bits per heavy atom. The van der Waals surface area contributed by atoms with Gasteiger partial charge in [0.1, 0.15) is 16.5 Å². The van der Waals surface area contributed by atoms with Gasteiger partial charge in [0.25, 0.3) is 0 Å². The first-order valence-corrected chi connectivity index (χ1v) is 6.40. The summed E-state index contributed by atoms with van der Waals surface area (Å²) < 4.78 is 10.5. The topological polar surface area (TPSA) is 57.4 Å². The summed E-state index contributed by atoms with van der Waals surface area (Å²) in [6.07, 6.45) is 1.82. The summed E-state index contributed by atoms with van der Waals surface area (Å²) in [6.45, 7) is 1.95. The van der Waals surface area contributed by atoms with Gasteiger partial charge < -0.3 is 15.2 Å². The van der Waals surface area contributed by atoms with Crippen LogP contribution in [-0.4, -0.2) is 19.2 Å². The normalized spacial score (nSPS) is 12.2. The number of thiazole rings is 1. The number of hydrogen-bond acceptors (Lipinski definition) is 5. The molecule has 2 aromatic rings. The summed E-state index contributed by atoms with van der Waals surface area (Å²) in [5.41, 5.74) is 6.81. The minimum atomic E-state index is 0.00348. The molecule has 0 aliphatic heterocycles. The average Bonchev–Trinajstić information content (AvgIpc) is 2.87. The van der Waals surface area contributed by atoms with Crippen molar-refractivity contribution in [2.75, 3.05) is 14.2 Å². The maximum Gasteiger partial charge on any atom is 0.123 e. The molecule has 0 saturated heterocycles. The second-order valence-electron chi connectivity index (χ2n) is 3.96. The largest absolute Gasteiger partial charge is 0.497 e. The van der Waals surface area contributed by atoms with Crippen molar-refractivity contribution in [3.05, 3.63) is 29.3 Å². The fraction of sp³-hybridized carbons (Fsp3) is 0.308. The molecule has 4 nitrogen and oxygen atoms in total. The monoisotopic (exact) mass is 264 g/mol. The molecule has 1 atom stereocenters. The lowest BCUT2D eigenvalue weighted by molar-refractivity contribution is 0.394. The first kappa shape index (κ1) is 12.9. The van der Waals surface area contributed by atoms with Crippen molar-refractivity contribution in [2.24, 2.45) is 5.73 Å². The quantitative estimate of drug-likeness (QED) is 0.922. The Labute approximate surface area is 110 Å². The van der Waals surface area contributed by atoms with Crippen molar-refractivity contribution in [3.63, 3.8) is 0 Å². The molecule has 18 heavy (non-hydrogen) atoms. The molecule has 1 unspecified atom stereocenters. The number of aromatic nitrogens is 1. The third-order valence-corrected chi connectivity index (χ3v) is 3.82. The molecular formula is C13H16N2O2S. The van der Waals surface area contributed by atoms with Crippen LogP contribution in [0.3, 0.4) is 0 Å². The Morgan fingerprint density at radius 3 is 2.22 bits per heavy atom. The van der Waals surface area contributed by atoms with E-state index in [4.69, 9.17) is 15.2 Å². The van der Waals surface area contributed by atoms with Crippen LogP contribution in [0, 0.1) is 0 Å². The van der Waals surface area contributed by atoms with E-state index in [-0.39, 0.29) is 6.04 Å². The number of methoxy groups -OCH3 is 2. The van der Waals surface area contributed by atoms with Crippen molar-refractivity contribution in [1.82, 2.24) is 4.98 Å². The van der Waals surface area contributed by atoms with E-state index in [2.05, 4.69) is 4.98 Å². The summed E-state index contributed by atoms with van der Waals surface area (Å²) in [5, 5.41) is 0.916. The maximum atomic E-state index is 5.84. The molecule has 0 fully saturated rings. The molecule has 96 valence electrons. The molecule has 0 amide bonds. The number of nitrogens with zero attached hydrogens (tertiary/aromatic N) is 1. The predicted octanol–water partition coefficient (Wildman–Crippen LogP) is 2.85. The van der Waals surface area contributed by atoms with Crippen LogP contribution in [0.1, 0.15) is 17.8 Å². The summed E-state index contributed by atoms with van der Waals surface area (Å²) in [7, 11) is 3.27. The standard InChI is InChI=1S/C13H16N2O2S/c1-8(14)12-7-15-13(18-12)9-4-10(16-2)6-11(5-9)17-3/h4-8H,14H2,1-3H3. The second kappa shape index (κ2) is 5.37. The molecule has 1 aromatic heterocycles. The first-order valence-electron chi connectivity index (χ1n) is 5.58. The van der Waals surface area contributed by atoms with Crippen LogP contribution < -0.4 is 15.2 Å². The zero-order chi connectivity index (χ0) is 13.1. The van der Waals surface area contributed by atoms with Crippen LogP contribution in [0.15, 0.2) is 24.4 Å². The van der Waals surface area contributed by atoms with Gasteiger partial charge in [0.2, 0.25) is 0 Å². The molecule has 0 aliphatic rings. The van der Waals surface area contributed by atoms with Crippen LogP contribution in [-0.2, 0) is 0 Å². The van der Waals surface area contributed by atoms with E-state index in [1.807, 2.05) is 31.3 Å². The number of benzene rings is 1. The molecule has 0 aliphatic carbocycles. The van der Waals surface area contributed by atoms with Gasteiger partial charge in [0, 0.05) is 28.7 Å². The molecular weight excluding hydrogens is 248 g/mol. The van der Waals surface area contributed by atoms with Gasteiger partial charge in [-0.1, -0.05) is 0 Å². The van der Waals surface area contributed by atoms with Gasteiger partial charge in [0.15, 0.2) is 0 Å². The minimum Gasteiger partial charge on any atom is -0.497 e. The Bertz CT molecular complexity index is 515. The van der Waals surface area contributed by atoms with Crippen molar-refractivity contribution in [2.45, 2.75) is 13.0 Å². The second-order valence-corrected chi connectivity index (χ2v) is 5.02. The van der Waals surface area contributed by atoms with Gasteiger partial charge in [-0.15, -0.1) is 11.3 Å². The van der Waals surface area contributed by atoms with E-state index >= 15 is 0 Å². The highest BCUT2D eigenvalue weighted by Gasteiger charge is 2.10. The summed E-state index contributed by atoms with van der Waals surface area (Å²) in [4.78, 5) is 5.45. The zero-order valence-corrected chi connectivity index (χ0v) is 11.5. The Hall–Kier alpha value is -1.59. The third-order valence-electron chi connectivity index (χ3n) is 2.57. The number of rotatable bonds is 4. The highest BCUT2D eigenvalue weighted by atomic mass is 32.1. The molecule has 1 aromatic carbocycles. The lowest BCUT2D eigenvalue weighted by Gasteiger charge is -2.06. The average molecular weight is 264 g/mol. The van der Waals surface area contributed by atoms with E-state index in [0.717, 1.165) is 26.9 Å². The molecule has 5 heteroatoms. The molecule has 0 bridgehead atoms. The van der Waals surface area contributed by atoms with Crippen LogP contribution >= 0.6 is 11.3 Å². The van der Waals surface area contributed by atoms with Crippen LogP contribution in [0.5, 0.6) is 11.5 Å². The van der Waals surface area contributed by atoms with Gasteiger partial charge in [-0.2, -0.15) is 0 Å². The lowest BCUT2D eigenvalue weighted by Crippen LogP contribution is -2.01. The van der Waals surface area contributed by atoms with Crippen LogP contribution in [0.2, 0.25) is 0 Å². The SMILES string of the molecule is COc1cc(OC)cc(-c2ncc(C(C)N)s2)c1. The Balaban J connectivity index is 2.42. The number of ether oxygens (including phenoxy) is 2. The fourth-order valence-electron chi connectivity index (χ4n) is 1.56. The molecule has 2 rings (SSSR count). The summed E-state index contributed by atoms with van der Waals surface area (Å²) in [6, 6.07) is 5.71. The van der Waals surface area contributed by atoms with Gasteiger partial charge in [-0.05, 0) is 19.1 Å². The van der Waals surface area contributed by atoms with Crippen molar-refractivity contribution in [3.8, 4) is 22.1 Å². The zero-order valence-electron chi connectivity index (χ0n) is 10.6. The highest BCUT2D eigenvalue weighted by Crippen LogP contribution is 2.33. The predicted molar refractivity (Wildman–Crippen MR) is 73.3 cm³/mol. The van der Waals surface area contributed by atoms with Crippen LogP contribution in [0.25, 0.3) is 10.6 Å². The third kappa shape index (κ3) is 2.63. The lowest BCUT2D eigenvalue weighted by atomic mass is 10.2. The molecule has 0 spiro atoms. The number of nitrogens with two attached hydrogens (primary N) is 1. The van der Waals surface area contributed by atoms with Crippen LogP contribution in [0.4, 0.5) is 0 Å². The Kier molecular flexibility index (Phi) is 3.84. The molecule has 0 radical (unpaired) electrons. The molecule has 1 heterocycles. The van der Waals surface area contributed by atoms with Gasteiger partial charge in [-0.25, -0.2) is 4.98 Å². The fourth-order valence-corrected chi connectivity index (χ4v) is 2.42. The van der Waals surface area contributed by atoms with Gasteiger partial charge in [-0.3, -0.25) is 0 Å². The molecule has 0 saturated carbocycles. The van der Waals surface area contributed by atoms with E-state index in [9.17, 15) is 0 Å². The van der Waals surface area contributed by atoms with Crippen molar-refractivity contribution >= 4 is 11.3 Å². The van der Waals surface area contributed by atoms with E-state index in [0.29, 0.717) is 0 Å². The van der Waals surface area contributed by atoms with Crippen molar-refractivity contribution < 1.29 is 9.47 Å². The van der Waals surface area contributed by atoms with Gasteiger partial charge in [0.05, 0.1) is 14.2 Å². The first-order chi connectivity index (χ1) is 8.63. The molecule has 2 N–H and O–H groups in total. The highest BCUT2D eigenvalue weighted by molar-refractivity contribution is 7.15. The number of hydrogen-bond donors (Lipinski definition) is 1. The van der Waals surface area contributed by atoms with Crippen molar-refractivity contribution in [1.29, 1.82) is 0 Å². The minimum absolute atomic E-state index is 0.00348. The van der Waals surface area contributed by atoms with Gasteiger partial charge >= 0.3 is 0 Å². The Morgan fingerprint density at radius 1 is 1.17 bits per heavy atom. The van der Waals surface area contributed by atoms with E-state index in [1.54, 1.807) is 25.6 Å².